The summed E-state index contributed by atoms with van der Waals surface area (Å²) in [5.41, 5.74) is 0. The molecule has 4 nitrogen and oxygen atoms in total. The van der Waals surface area contributed by atoms with E-state index in [1.807, 2.05) is 6.07 Å². The van der Waals surface area contributed by atoms with E-state index in [0.29, 0.717) is 9.77 Å². The molecule has 0 bridgehead atoms. The molecule has 0 saturated carbocycles. The Hall–Kier alpha value is -0.312. The van der Waals surface area contributed by atoms with Crippen LogP contribution in [0.15, 0.2) is 6.07 Å². The summed E-state index contributed by atoms with van der Waals surface area (Å²) in [5, 5.41) is 0.509. The summed E-state index contributed by atoms with van der Waals surface area (Å²) in [7, 11) is 2.13. The van der Waals surface area contributed by atoms with Crippen molar-refractivity contribution < 1.29 is 0 Å². The molecule has 0 aromatic carbocycles. The molecule has 1 aromatic rings. The summed E-state index contributed by atoms with van der Waals surface area (Å²) in [5.74, 6) is 0.929. The average molecular weight is 287 g/mol. The Labute approximate surface area is 103 Å². The first-order valence-corrected chi connectivity index (χ1v) is 6.14. The summed E-state index contributed by atoms with van der Waals surface area (Å²) < 4.78 is 0.670. The summed E-state index contributed by atoms with van der Waals surface area (Å²) in [6.07, 6.45) is 0. The van der Waals surface area contributed by atoms with E-state index >= 15 is 0 Å². The number of hydrogen-bond acceptors (Lipinski definition) is 4. The number of rotatable bonds is 1. The summed E-state index contributed by atoms with van der Waals surface area (Å²) in [6, 6.07) is 1.82. The van der Waals surface area contributed by atoms with Crippen molar-refractivity contribution in [3.63, 3.8) is 0 Å². The molecule has 1 aromatic heterocycles. The molecule has 15 heavy (non-hydrogen) atoms. The standard InChI is InChI=1S/C9H12AsClN4/c1-14-2-4-15(5-3-14)8-6-7(11)12-9(10)13-8/h6H,2-5H2,1H3. The molecule has 2 rings (SSSR count). The van der Waals surface area contributed by atoms with Gasteiger partial charge in [0.05, 0.1) is 0 Å². The fourth-order valence-corrected chi connectivity index (χ4v) is 2.34. The average Bonchev–Trinajstić information content (AvgIpc) is 2.17. The van der Waals surface area contributed by atoms with E-state index < -0.39 is 0 Å². The molecule has 0 amide bonds. The molecule has 1 aliphatic rings. The van der Waals surface area contributed by atoms with Crippen molar-refractivity contribution in [3.8, 4) is 0 Å². The zero-order valence-electron chi connectivity index (χ0n) is 8.52. The van der Waals surface area contributed by atoms with Gasteiger partial charge in [-0.1, -0.05) is 0 Å². The number of likely N-dealkylation sites (N-methyl/N-ethyl adjacent to an activating group) is 1. The number of nitrogens with zero attached hydrogens (tertiary/aromatic N) is 4. The number of piperazine rings is 1. The number of aromatic nitrogens is 2. The van der Waals surface area contributed by atoms with Gasteiger partial charge in [0.25, 0.3) is 0 Å². The van der Waals surface area contributed by atoms with Gasteiger partial charge in [0.1, 0.15) is 0 Å². The summed E-state index contributed by atoms with van der Waals surface area (Å²) in [4.78, 5) is 12.9. The predicted octanol–water partition coefficient (Wildman–Crippen LogP) is -0.324. The Bertz CT molecular complexity index is 332. The molecule has 0 unspecified atom stereocenters. The second-order valence-electron chi connectivity index (χ2n) is 3.64. The van der Waals surface area contributed by atoms with Crippen LogP contribution in [0.5, 0.6) is 0 Å². The molecule has 80 valence electrons. The SMILES string of the molecule is CN1CCN(c2cc(Cl)nc([As])n2)CC1. The van der Waals surface area contributed by atoms with Crippen LogP contribution >= 0.6 is 11.6 Å². The molecule has 0 spiro atoms. The van der Waals surface area contributed by atoms with Crippen molar-refractivity contribution in [3.05, 3.63) is 11.2 Å². The van der Waals surface area contributed by atoms with E-state index in [4.69, 9.17) is 11.6 Å². The van der Waals surface area contributed by atoms with Crippen LogP contribution in [0, 0.1) is 0 Å². The molecule has 2 heterocycles. The Kier molecular flexibility index (Phi) is 3.49. The van der Waals surface area contributed by atoms with Crippen LogP contribution in [0.25, 0.3) is 0 Å². The molecule has 6 heteroatoms. The van der Waals surface area contributed by atoms with Gasteiger partial charge in [0.2, 0.25) is 0 Å². The van der Waals surface area contributed by atoms with E-state index in [-0.39, 0.29) is 0 Å². The topological polar surface area (TPSA) is 32.3 Å². The zero-order valence-corrected chi connectivity index (χ0v) is 11.2. The molecular weight excluding hydrogens is 275 g/mol. The van der Waals surface area contributed by atoms with Crippen LogP contribution in [0.2, 0.25) is 5.15 Å². The third-order valence-electron chi connectivity index (χ3n) is 2.50. The molecule has 2 radical (unpaired) electrons. The summed E-state index contributed by atoms with van der Waals surface area (Å²) in [6.45, 7) is 4.12. The minimum atomic E-state index is 0.509. The van der Waals surface area contributed by atoms with Crippen molar-refractivity contribution in [1.82, 2.24) is 14.9 Å². The maximum atomic E-state index is 5.90. The second kappa shape index (κ2) is 4.69. The quantitative estimate of drug-likeness (QED) is 0.523. The normalized spacial score (nSPS) is 18.2. The zero-order chi connectivity index (χ0) is 10.8. The number of anilines is 1. The third kappa shape index (κ3) is 2.83. The van der Waals surface area contributed by atoms with Crippen LogP contribution in [0.3, 0.4) is 0 Å². The minimum absolute atomic E-state index is 0.509. The van der Waals surface area contributed by atoms with Gasteiger partial charge >= 0.3 is 103 Å². The Balaban J connectivity index is 2.15. The predicted molar refractivity (Wildman–Crippen MR) is 62.1 cm³/mol. The van der Waals surface area contributed by atoms with Gasteiger partial charge in [-0.2, -0.15) is 0 Å². The Morgan fingerprint density at radius 1 is 1.27 bits per heavy atom. The maximum absolute atomic E-state index is 5.90. The molecule has 1 fully saturated rings. The van der Waals surface area contributed by atoms with Crippen LogP contribution in [0.4, 0.5) is 5.82 Å². The Morgan fingerprint density at radius 3 is 2.53 bits per heavy atom. The van der Waals surface area contributed by atoms with Crippen molar-refractivity contribution in [2.75, 3.05) is 38.1 Å². The third-order valence-corrected chi connectivity index (χ3v) is 3.11. The van der Waals surface area contributed by atoms with Gasteiger partial charge in [0.15, 0.2) is 0 Å². The van der Waals surface area contributed by atoms with E-state index in [1.54, 1.807) is 0 Å². The Morgan fingerprint density at radius 2 is 1.93 bits per heavy atom. The number of hydrogen-bond donors (Lipinski definition) is 0. The van der Waals surface area contributed by atoms with Gasteiger partial charge in [-0.15, -0.1) is 0 Å². The first-order valence-electron chi connectivity index (χ1n) is 4.82. The molecule has 0 N–H and O–H groups in total. The fraction of sp³-hybridized carbons (Fsp3) is 0.556. The van der Waals surface area contributed by atoms with Crippen LogP contribution in [-0.2, 0) is 0 Å². The van der Waals surface area contributed by atoms with Gasteiger partial charge < -0.3 is 0 Å². The van der Waals surface area contributed by atoms with Crippen LogP contribution < -0.4 is 9.51 Å². The van der Waals surface area contributed by atoms with Crippen LogP contribution in [-0.4, -0.2) is 64.9 Å². The molecule has 0 atom stereocenters. The van der Waals surface area contributed by atoms with Gasteiger partial charge in [-0.05, 0) is 0 Å². The first kappa shape index (κ1) is 11.2. The molecular formula is C9H12AsClN4. The first-order chi connectivity index (χ1) is 7.15. The molecule has 1 aliphatic heterocycles. The molecule has 0 aliphatic carbocycles. The van der Waals surface area contributed by atoms with Crippen molar-refractivity contribution in [2.45, 2.75) is 0 Å². The van der Waals surface area contributed by atoms with Gasteiger partial charge in [0, 0.05) is 0 Å². The fourth-order valence-electron chi connectivity index (χ4n) is 1.59. The monoisotopic (exact) mass is 286 g/mol. The van der Waals surface area contributed by atoms with E-state index in [2.05, 4.69) is 43.7 Å². The van der Waals surface area contributed by atoms with Crippen LogP contribution in [0.1, 0.15) is 0 Å². The number of halogens is 1. The van der Waals surface area contributed by atoms with E-state index in [1.165, 1.54) is 0 Å². The van der Waals surface area contributed by atoms with Crippen molar-refractivity contribution >= 4 is 38.9 Å². The van der Waals surface area contributed by atoms with Gasteiger partial charge in [-0.25, -0.2) is 0 Å². The van der Waals surface area contributed by atoms with Gasteiger partial charge in [-0.3, -0.25) is 0 Å². The van der Waals surface area contributed by atoms with E-state index in [9.17, 15) is 0 Å². The van der Waals surface area contributed by atoms with E-state index in [0.717, 1.165) is 32.0 Å². The van der Waals surface area contributed by atoms with Crippen molar-refractivity contribution in [1.29, 1.82) is 0 Å². The van der Waals surface area contributed by atoms with Crippen molar-refractivity contribution in [2.24, 2.45) is 0 Å². The second-order valence-corrected chi connectivity index (χ2v) is 4.87. The summed E-state index contributed by atoms with van der Waals surface area (Å²) >= 11 is 8.23. The molecule has 1 saturated heterocycles.